The van der Waals surface area contributed by atoms with E-state index in [2.05, 4.69) is 14.8 Å². The Hall–Kier alpha value is -2.57. The lowest BCUT2D eigenvalue weighted by molar-refractivity contribution is -0.138. The molecular weight excluding hydrogens is 329 g/mol. The molecule has 0 bridgehead atoms. The highest BCUT2D eigenvalue weighted by atomic mass is 19.1. The first-order valence-corrected chi connectivity index (χ1v) is 8.15. The van der Waals surface area contributed by atoms with Gasteiger partial charge in [-0.05, 0) is 37.8 Å². The molecule has 6 nitrogen and oxygen atoms in total. The lowest BCUT2D eigenvalue weighted by Gasteiger charge is -2.24. The van der Waals surface area contributed by atoms with Crippen molar-refractivity contribution in [3.8, 4) is 5.75 Å². The summed E-state index contributed by atoms with van der Waals surface area (Å²) in [6.45, 7) is 0. The summed E-state index contributed by atoms with van der Waals surface area (Å²) in [4.78, 5) is 23.3. The molecule has 1 aromatic rings. The summed E-state index contributed by atoms with van der Waals surface area (Å²) in [5.41, 5.74) is -0.262. The molecule has 1 N–H and O–H groups in total. The predicted octanol–water partition coefficient (Wildman–Crippen LogP) is 3.18. The third kappa shape index (κ3) is 5.20. The zero-order valence-corrected chi connectivity index (χ0v) is 14.3. The normalized spacial score (nSPS) is 15.4. The van der Waals surface area contributed by atoms with Gasteiger partial charge in [0.05, 0.1) is 26.4 Å². The van der Waals surface area contributed by atoms with Crippen LogP contribution in [0.4, 0.5) is 10.1 Å². The lowest BCUT2D eigenvalue weighted by Crippen LogP contribution is -2.21. The van der Waals surface area contributed by atoms with Crippen molar-refractivity contribution in [1.82, 2.24) is 0 Å². The number of hydrogen-bond acceptors (Lipinski definition) is 6. The van der Waals surface area contributed by atoms with Gasteiger partial charge in [-0.1, -0.05) is 12.5 Å². The number of para-hydroxylation sites is 1. The summed E-state index contributed by atoms with van der Waals surface area (Å²) in [6.07, 6.45) is 6.01. The second-order valence-electron chi connectivity index (χ2n) is 5.69. The first kappa shape index (κ1) is 18.8. The Kier molecular flexibility index (Phi) is 6.80. The number of hydrogen-bond donors (Lipinski definition) is 1. The molecule has 1 aliphatic rings. The molecule has 0 spiro atoms. The first-order valence-electron chi connectivity index (χ1n) is 8.15. The van der Waals surface area contributed by atoms with Gasteiger partial charge in [0.1, 0.15) is 23.0 Å². The molecule has 0 heterocycles. The van der Waals surface area contributed by atoms with E-state index in [1.54, 1.807) is 6.07 Å². The number of ether oxygens (including phenoxy) is 3. The van der Waals surface area contributed by atoms with E-state index in [1.165, 1.54) is 25.7 Å². The second kappa shape index (κ2) is 9.05. The van der Waals surface area contributed by atoms with Crippen LogP contribution >= 0.6 is 0 Å². The van der Waals surface area contributed by atoms with Gasteiger partial charge >= 0.3 is 11.9 Å². The molecule has 25 heavy (non-hydrogen) atoms. The van der Waals surface area contributed by atoms with E-state index in [1.807, 2.05) is 0 Å². The van der Waals surface area contributed by atoms with Gasteiger partial charge < -0.3 is 19.5 Å². The van der Waals surface area contributed by atoms with Crippen LogP contribution in [-0.4, -0.2) is 32.3 Å². The molecule has 1 saturated carbocycles. The standard InChI is InChI=1S/C18H22FNO5/c1-23-16(21)11-14(18(22)24-2)20-17-13(19)9-6-10-15(17)25-12-7-4-3-5-8-12/h6,9-12,20H,3-5,7-8H2,1-2H3/b14-11+. The number of carbonyl (C=O) groups excluding carboxylic acids is 2. The Balaban J connectivity index is 2.27. The molecule has 0 saturated heterocycles. The van der Waals surface area contributed by atoms with Crippen molar-refractivity contribution in [2.24, 2.45) is 0 Å². The molecule has 2 rings (SSSR count). The third-order valence-electron chi connectivity index (χ3n) is 3.95. The zero-order valence-electron chi connectivity index (χ0n) is 14.3. The number of halogens is 1. The number of rotatable bonds is 6. The van der Waals surface area contributed by atoms with Gasteiger partial charge in [-0.2, -0.15) is 0 Å². The minimum absolute atomic E-state index is 0.00210. The number of methoxy groups -OCH3 is 2. The van der Waals surface area contributed by atoms with E-state index in [0.29, 0.717) is 0 Å². The Morgan fingerprint density at radius 1 is 1.16 bits per heavy atom. The highest BCUT2D eigenvalue weighted by Gasteiger charge is 2.21. The van der Waals surface area contributed by atoms with Gasteiger partial charge in [0.2, 0.25) is 0 Å². The SMILES string of the molecule is COC(=O)/C=C(/Nc1c(F)cccc1OC1CCCCC1)C(=O)OC. The van der Waals surface area contributed by atoms with Crippen molar-refractivity contribution in [2.45, 2.75) is 38.2 Å². The molecule has 0 unspecified atom stereocenters. The van der Waals surface area contributed by atoms with E-state index >= 15 is 0 Å². The van der Waals surface area contributed by atoms with Gasteiger partial charge in [0.15, 0.2) is 0 Å². The van der Waals surface area contributed by atoms with Crippen molar-refractivity contribution < 1.29 is 28.2 Å². The van der Waals surface area contributed by atoms with Gasteiger partial charge in [-0.25, -0.2) is 14.0 Å². The fraction of sp³-hybridized carbons (Fsp3) is 0.444. The molecule has 0 atom stereocenters. The Morgan fingerprint density at radius 3 is 2.52 bits per heavy atom. The Bertz CT molecular complexity index is 653. The van der Waals surface area contributed by atoms with E-state index in [4.69, 9.17) is 4.74 Å². The van der Waals surface area contributed by atoms with Crippen LogP contribution in [-0.2, 0) is 19.1 Å². The quantitative estimate of drug-likeness (QED) is 0.627. The molecule has 0 radical (unpaired) electrons. The maximum absolute atomic E-state index is 14.3. The number of carbonyl (C=O) groups is 2. The van der Waals surface area contributed by atoms with Crippen molar-refractivity contribution in [3.63, 3.8) is 0 Å². The molecule has 0 aromatic heterocycles. The lowest BCUT2D eigenvalue weighted by atomic mass is 9.98. The van der Waals surface area contributed by atoms with Crippen LogP contribution < -0.4 is 10.1 Å². The van der Waals surface area contributed by atoms with Crippen molar-refractivity contribution in [1.29, 1.82) is 0 Å². The number of benzene rings is 1. The second-order valence-corrected chi connectivity index (χ2v) is 5.69. The van der Waals surface area contributed by atoms with Crippen LogP contribution in [0.15, 0.2) is 30.0 Å². The van der Waals surface area contributed by atoms with Gasteiger partial charge in [0, 0.05) is 0 Å². The molecule has 7 heteroatoms. The van der Waals surface area contributed by atoms with Crippen LogP contribution in [0.1, 0.15) is 32.1 Å². The van der Waals surface area contributed by atoms with Crippen LogP contribution in [0.2, 0.25) is 0 Å². The average Bonchev–Trinajstić information content (AvgIpc) is 2.63. The molecule has 136 valence electrons. The largest absolute Gasteiger partial charge is 0.488 e. The summed E-state index contributed by atoms with van der Waals surface area (Å²) >= 11 is 0. The van der Waals surface area contributed by atoms with E-state index in [-0.39, 0.29) is 23.2 Å². The van der Waals surface area contributed by atoms with Crippen LogP contribution in [0.5, 0.6) is 5.75 Å². The molecule has 1 aliphatic carbocycles. The number of anilines is 1. The highest BCUT2D eigenvalue weighted by Crippen LogP contribution is 2.32. The maximum Gasteiger partial charge on any atom is 0.354 e. The van der Waals surface area contributed by atoms with E-state index in [0.717, 1.165) is 38.9 Å². The Labute approximate surface area is 145 Å². The van der Waals surface area contributed by atoms with Crippen molar-refractivity contribution in [2.75, 3.05) is 19.5 Å². The monoisotopic (exact) mass is 351 g/mol. The molecule has 0 aliphatic heterocycles. The van der Waals surface area contributed by atoms with E-state index in [9.17, 15) is 14.0 Å². The molecular formula is C18H22FNO5. The molecule has 0 amide bonds. The Morgan fingerprint density at radius 2 is 1.88 bits per heavy atom. The smallest absolute Gasteiger partial charge is 0.354 e. The van der Waals surface area contributed by atoms with Crippen LogP contribution in [0, 0.1) is 5.82 Å². The third-order valence-corrected chi connectivity index (χ3v) is 3.95. The fourth-order valence-corrected chi connectivity index (χ4v) is 2.65. The topological polar surface area (TPSA) is 73.9 Å². The minimum atomic E-state index is -0.822. The van der Waals surface area contributed by atoms with Gasteiger partial charge in [-0.15, -0.1) is 0 Å². The van der Waals surface area contributed by atoms with Crippen LogP contribution in [0.25, 0.3) is 0 Å². The summed E-state index contributed by atoms with van der Waals surface area (Å²) in [5.74, 6) is -1.91. The number of nitrogens with one attached hydrogen (secondary N) is 1. The summed E-state index contributed by atoms with van der Waals surface area (Å²) in [7, 11) is 2.34. The zero-order chi connectivity index (χ0) is 18.2. The summed E-state index contributed by atoms with van der Waals surface area (Å²) in [6, 6.07) is 4.39. The summed E-state index contributed by atoms with van der Waals surface area (Å²) in [5, 5.41) is 2.61. The minimum Gasteiger partial charge on any atom is -0.488 e. The maximum atomic E-state index is 14.3. The molecule has 1 aromatic carbocycles. The van der Waals surface area contributed by atoms with Gasteiger partial charge in [-0.3, -0.25) is 0 Å². The predicted molar refractivity (Wildman–Crippen MR) is 89.6 cm³/mol. The molecule has 1 fully saturated rings. The highest BCUT2D eigenvalue weighted by molar-refractivity contribution is 5.99. The van der Waals surface area contributed by atoms with E-state index < -0.39 is 17.8 Å². The van der Waals surface area contributed by atoms with Gasteiger partial charge in [0.25, 0.3) is 0 Å². The fourth-order valence-electron chi connectivity index (χ4n) is 2.65. The number of esters is 2. The summed E-state index contributed by atoms with van der Waals surface area (Å²) < 4.78 is 29.4. The van der Waals surface area contributed by atoms with Crippen molar-refractivity contribution >= 4 is 17.6 Å². The van der Waals surface area contributed by atoms with Crippen molar-refractivity contribution in [3.05, 3.63) is 35.8 Å². The van der Waals surface area contributed by atoms with Crippen LogP contribution in [0.3, 0.4) is 0 Å². The first-order chi connectivity index (χ1) is 12.0. The average molecular weight is 351 g/mol.